The molecule has 0 saturated carbocycles. The van der Waals surface area contributed by atoms with Crippen LogP contribution in [0.25, 0.3) is 119 Å². The molecule has 0 spiro atoms. The lowest BCUT2D eigenvalue weighted by Gasteiger charge is -2.19. The minimum absolute atomic E-state index is 0.933. The summed E-state index contributed by atoms with van der Waals surface area (Å²) < 4.78 is 9.08. The fraction of sp³-hybridized carbons (Fsp3) is 0. The summed E-state index contributed by atoms with van der Waals surface area (Å²) in [6.45, 7) is 0. The highest BCUT2D eigenvalue weighted by Gasteiger charge is 2.18. The van der Waals surface area contributed by atoms with Gasteiger partial charge in [0.25, 0.3) is 0 Å². The van der Waals surface area contributed by atoms with Gasteiger partial charge in [-0.1, -0.05) is 146 Å². The van der Waals surface area contributed by atoms with Crippen LogP contribution in [0.5, 0.6) is 0 Å². The Kier molecular flexibility index (Phi) is 6.28. The second-order valence-corrected chi connectivity index (χ2v) is 15.5. The van der Waals surface area contributed by atoms with Gasteiger partial charge in [-0.2, -0.15) is 0 Å². The summed E-state index contributed by atoms with van der Waals surface area (Å²) >= 11 is 1.85. The van der Waals surface area contributed by atoms with E-state index in [0.717, 1.165) is 16.6 Å². The summed E-state index contributed by atoms with van der Waals surface area (Å²) in [5, 5.41) is 14.9. The Hall–Kier alpha value is -6.74. The Morgan fingerprint density at radius 1 is 0.296 bits per heavy atom. The molecule has 0 N–H and O–H groups in total. The first-order valence-corrected chi connectivity index (χ1v) is 19.3. The molecule has 2 heteroatoms. The highest BCUT2D eigenvalue weighted by molar-refractivity contribution is 7.25. The van der Waals surface area contributed by atoms with Gasteiger partial charge in [-0.05, 0) is 113 Å². The van der Waals surface area contributed by atoms with E-state index in [1.165, 1.54) is 102 Å². The molecule has 1 nitrogen and oxygen atoms in total. The molecular formula is C52H30OS. The van der Waals surface area contributed by atoms with Gasteiger partial charge in [-0.15, -0.1) is 11.3 Å². The molecule has 12 aromatic rings. The van der Waals surface area contributed by atoms with Crippen molar-refractivity contribution in [2.45, 2.75) is 0 Å². The molecule has 0 aliphatic heterocycles. The Labute approximate surface area is 314 Å². The van der Waals surface area contributed by atoms with Crippen molar-refractivity contribution in [2.75, 3.05) is 0 Å². The first-order valence-electron chi connectivity index (χ1n) is 18.5. The normalized spacial score (nSPS) is 12.1. The SMILES string of the molecule is c1ccc2c(-c3c4ccccc4c(-c4ccc(-c5ccc6cc7oc8cc9c(cc8c7cc6c5)sc5ccccc59)cc4)c4ccccc34)cccc2c1. The largest absolute Gasteiger partial charge is 0.456 e. The van der Waals surface area contributed by atoms with Crippen LogP contribution in [0.15, 0.2) is 186 Å². The summed E-state index contributed by atoms with van der Waals surface area (Å²) in [5.41, 5.74) is 9.34. The smallest absolute Gasteiger partial charge is 0.136 e. The zero-order valence-corrected chi connectivity index (χ0v) is 30.0. The van der Waals surface area contributed by atoms with Gasteiger partial charge in [0.2, 0.25) is 0 Å². The van der Waals surface area contributed by atoms with Crippen molar-refractivity contribution < 1.29 is 4.42 Å². The van der Waals surface area contributed by atoms with E-state index in [9.17, 15) is 0 Å². The lowest BCUT2D eigenvalue weighted by Crippen LogP contribution is -1.91. The van der Waals surface area contributed by atoms with Crippen molar-refractivity contribution in [3.63, 3.8) is 0 Å². The number of thiophene rings is 1. The van der Waals surface area contributed by atoms with E-state index in [1.807, 2.05) is 11.3 Å². The average molecular weight is 703 g/mol. The number of rotatable bonds is 3. The third-order valence-electron chi connectivity index (χ3n) is 11.4. The van der Waals surface area contributed by atoms with Crippen LogP contribution in [0.4, 0.5) is 0 Å². The zero-order chi connectivity index (χ0) is 35.3. The van der Waals surface area contributed by atoms with E-state index < -0.39 is 0 Å². The van der Waals surface area contributed by atoms with Crippen LogP contribution in [0.2, 0.25) is 0 Å². The van der Waals surface area contributed by atoms with Crippen molar-refractivity contribution in [1.29, 1.82) is 0 Å². The monoisotopic (exact) mass is 702 g/mol. The van der Waals surface area contributed by atoms with E-state index in [2.05, 4.69) is 182 Å². The summed E-state index contributed by atoms with van der Waals surface area (Å²) in [6, 6.07) is 66.8. The maximum atomic E-state index is 6.47. The van der Waals surface area contributed by atoms with E-state index in [-0.39, 0.29) is 0 Å². The van der Waals surface area contributed by atoms with Crippen LogP contribution >= 0.6 is 11.3 Å². The number of hydrogen-bond donors (Lipinski definition) is 0. The average Bonchev–Trinajstić information content (AvgIpc) is 3.77. The molecule has 0 radical (unpaired) electrons. The first-order chi connectivity index (χ1) is 26.7. The maximum absolute atomic E-state index is 6.47. The standard InChI is InChI=1S/C52H30OS/c1-2-12-37-32(10-1)11-9-18-39(37)52-42-16-5-3-14-40(42)51(41-15-4-6-17-43(41)52)33-22-20-31(21-23-33)34-24-25-35-28-47-44(27-36(35)26-34)45-30-50-46(29-48(45)53-47)38-13-7-8-19-49(38)54-50/h1-30H. The minimum atomic E-state index is 0.933. The van der Waals surface area contributed by atoms with Crippen molar-refractivity contribution in [3.8, 4) is 33.4 Å². The molecule has 2 aromatic heterocycles. The fourth-order valence-electron chi connectivity index (χ4n) is 8.92. The lowest BCUT2D eigenvalue weighted by atomic mass is 9.84. The molecule has 2 heterocycles. The van der Waals surface area contributed by atoms with Crippen molar-refractivity contribution in [1.82, 2.24) is 0 Å². The maximum Gasteiger partial charge on any atom is 0.136 e. The first kappa shape index (κ1) is 29.8. The number of hydrogen-bond acceptors (Lipinski definition) is 2. The van der Waals surface area contributed by atoms with Crippen LogP contribution in [0.3, 0.4) is 0 Å². The van der Waals surface area contributed by atoms with Gasteiger partial charge in [-0.25, -0.2) is 0 Å². The highest BCUT2D eigenvalue weighted by atomic mass is 32.1. The van der Waals surface area contributed by atoms with Gasteiger partial charge in [-0.3, -0.25) is 0 Å². The predicted octanol–water partition coefficient (Wildman–Crippen LogP) is 15.6. The molecule has 0 bridgehead atoms. The van der Waals surface area contributed by atoms with E-state index >= 15 is 0 Å². The molecular weight excluding hydrogens is 673 g/mol. The van der Waals surface area contributed by atoms with Crippen LogP contribution in [0.1, 0.15) is 0 Å². The van der Waals surface area contributed by atoms with Gasteiger partial charge < -0.3 is 4.42 Å². The Morgan fingerprint density at radius 3 is 1.67 bits per heavy atom. The van der Waals surface area contributed by atoms with Crippen molar-refractivity contribution >= 4 is 96.5 Å². The Morgan fingerprint density at radius 2 is 0.889 bits per heavy atom. The second-order valence-electron chi connectivity index (χ2n) is 14.4. The Bertz CT molecular complexity index is 3430. The fourth-order valence-corrected chi connectivity index (χ4v) is 10.0. The quantitative estimate of drug-likeness (QED) is 0.167. The van der Waals surface area contributed by atoms with Gasteiger partial charge in [0.05, 0.1) is 0 Å². The van der Waals surface area contributed by atoms with Crippen LogP contribution in [0, 0.1) is 0 Å². The third kappa shape index (κ3) is 4.38. The van der Waals surface area contributed by atoms with Gasteiger partial charge in [0.15, 0.2) is 0 Å². The van der Waals surface area contributed by atoms with Crippen LogP contribution in [-0.2, 0) is 0 Å². The van der Waals surface area contributed by atoms with E-state index in [0.29, 0.717) is 0 Å². The second kappa shape index (κ2) is 11.4. The summed E-state index contributed by atoms with van der Waals surface area (Å²) in [7, 11) is 0. The minimum Gasteiger partial charge on any atom is -0.456 e. The molecule has 0 unspecified atom stereocenters. The van der Waals surface area contributed by atoms with Gasteiger partial charge in [0, 0.05) is 30.9 Å². The van der Waals surface area contributed by atoms with Crippen LogP contribution in [-0.4, -0.2) is 0 Å². The molecule has 10 aromatic carbocycles. The number of fused-ring (bicyclic) bond motifs is 10. The molecule has 0 amide bonds. The van der Waals surface area contributed by atoms with Crippen LogP contribution < -0.4 is 0 Å². The summed E-state index contributed by atoms with van der Waals surface area (Å²) in [6.07, 6.45) is 0. The lowest BCUT2D eigenvalue weighted by molar-refractivity contribution is 0.670. The third-order valence-corrected chi connectivity index (χ3v) is 12.6. The molecule has 12 rings (SSSR count). The molecule has 0 aliphatic carbocycles. The molecule has 0 fully saturated rings. The van der Waals surface area contributed by atoms with Gasteiger partial charge >= 0.3 is 0 Å². The van der Waals surface area contributed by atoms with E-state index in [1.54, 1.807) is 0 Å². The Balaban J connectivity index is 0.985. The molecule has 0 saturated heterocycles. The highest BCUT2D eigenvalue weighted by Crippen LogP contribution is 2.46. The molecule has 250 valence electrons. The summed E-state index contributed by atoms with van der Waals surface area (Å²) in [5.74, 6) is 0. The summed E-state index contributed by atoms with van der Waals surface area (Å²) in [4.78, 5) is 0. The molecule has 54 heavy (non-hydrogen) atoms. The predicted molar refractivity (Wildman–Crippen MR) is 233 cm³/mol. The topological polar surface area (TPSA) is 13.1 Å². The van der Waals surface area contributed by atoms with Crippen molar-refractivity contribution in [2.24, 2.45) is 0 Å². The van der Waals surface area contributed by atoms with Gasteiger partial charge in [0.1, 0.15) is 11.2 Å². The zero-order valence-electron chi connectivity index (χ0n) is 29.1. The van der Waals surface area contributed by atoms with E-state index in [4.69, 9.17) is 4.42 Å². The molecule has 0 atom stereocenters. The van der Waals surface area contributed by atoms with Crippen molar-refractivity contribution in [3.05, 3.63) is 182 Å². The number of furan rings is 1. The number of benzene rings is 10. The molecule has 0 aliphatic rings.